The molecule has 0 aliphatic heterocycles. The number of anilines is 1. The average Bonchev–Trinajstić information content (AvgIpc) is 2.51. The Kier molecular flexibility index (Phi) is 6.32. The largest absolute Gasteiger partial charge is 0.340 e. The van der Waals surface area contributed by atoms with Gasteiger partial charge in [-0.25, -0.2) is 8.42 Å². The van der Waals surface area contributed by atoms with Gasteiger partial charge >= 0.3 is 0 Å². The molecule has 0 aliphatic carbocycles. The summed E-state index contributed by atoms with van der Waals surface area (Å²) in [6, 6.07) is 13.5. The van der Waals surface area contributed by atoms with Crippen molar-refractivity contribution in [2.24, 2.45) is 0 Å². The molecule has 2 aromatic rings. The maximum atomic E-state index is 12.5. The van der Waals surface area contributed by atoms with Gasteiger partial charge in [0, 0.05) is 23.6 Å². The lowest BCUT2D eigenvalue weighted by atomic mass is 10.2. The van der Waals surface area contributed by atoms with Crippen molar-refractivity contribution < 1.29 is 13.2 Å². The van der Waals surface area contributed by atoms with Crippen LogP contribution in [0, 0.1) is 0 Å². The first-order valence-corrected chi connectivity index (χ1v) is 9.99. The van der Waals surface area contributed by atoms with Crippen molar-refractivity contribution in [2.45, 2.75) is 6.54 Å². The van der Waals surface area contributed by atoms with Crippen molar-refractivity contribution in [3.63, 3.8) is 0 Å². The molecule has 134 valence electrons. The van der Waals surface area contributed by atoms with E-state index in [1.54, 1.807) is 43.4 Å². The molecule has 8 heteroatoms. The van der Waals surface area contributed by atoms with E-state index in [-0.39, 0.29) is 12.5 Å². The van der Waals surface area contributed by atoms with Crippen LogP contribution in [0.1, 0.15) is 5.56 Å². The Labute approximate surface area is 157 Å². The fourth-order valence-electron chi connectivity index (χ4n) is 2.27. The zero-order valence-corrected chi connectivity index (χ0v) is 16.1. The molecular weight excluding hydrogens is 383 g/mol. The third kappa shape index (κ3) is 5.63. The molecule has 0 heterocycles. The zero-order valence-electron chi connectivity index (χ0n) is 13.8. The summed E-state index contributed by atoms with van der Waals surface area (Å²) in [5, 5.41) is 0.973. The Morgan fingerprint density at radius 1 is 1.04 bits per heavy atom. The number of benzene rings is 2. The second-order valence-electron chi connectivity index (χ2n) is 5.63. The van der Waals surface area contributed by atoms with Crippen LogP contribution >= 0.6 is 23.2 Å². The highest BCUT2D eigenvalue weighted by Crippen LogP contribution is 2.22. The quantitative estimate of drug-likeness (QED) is 0.746. The lowest BCUT2D eigenvalue weighted by Crippen LogP contribution is -2.41. The summed E-state index contributed by atoms with van der Waals surface area (Å²) in [6.07, 6.45) is 1.05. The van der Waals surface area contributed by atoms with Crippen LogP contribution in [0.15, 0.2) is 48.5 Å². The van der Waals surface area contributed by atoms with Gasteiger partial charge in [0.05, 0.1) is 11.9 Å². The molecule has 0 N–H and O–H groups in total. The minimum absolute atomic E-state index is 0.309. The zero-order chi connectivity index (χ0) is 18.6. The molecule has 25 heavy (non-hydrogen) atoms. The summed E-state index contributed by atoms with van der Waals surface area (Å²) in [7, 11) is -2.02. The van der Waals surface area contributed by atoms with E-state index in [0.29, 0.717) is 22.3 Å². The van der Waals surface area contributed by atoms with Crippen LogP contribution in [0.3, 0.4) is 0 Å². The number of carbonyl (C=O) groups excluding carboxylic acids is 1. The minimum Gasteiger partial charge on any atom is -0.340 e. The molecule has 0 atom stereocenters. The van der Waals surface area contributed by atoms with Crippen LogP contribution in [0.2, 0.25) is 10.0 Å². The van der Waals surface area contributed by atoms with Crippen LogP contribution in [0.5, 0.6) is 0 Å². The third-order valence-corrected chi connectivity index (χ3v) is 5.12. The standard InChI is InChI=1S/C17H18Cl2N2O3S/c1-20(11-13-5-3-6-14(18)9-13)17(22)12-21(25(2,23)24)16-8-4-7-15(19)10-16/h3-10H,11-12H2,1-2H3. The number of nitrogens with zero attached hydrogens (tertiary/aromatic N) is 2. The highest BCUT2D eigenvalue weighted by atomic mass is 35.5. The summed E-state index contributed by atoms with van der Waals surface area (Å²) in [5.41, 5.74) is 1.21. The second kappa shape index (κ2) is 8.08. The van der Waals surface area contributed by atoms with Crippen LogP contribution in [-0.2, 0) is 21.4 Å². The van der Waals surface area contributed by atoms with Gasteiger partial charge in [0.25, 0.3) is 0 Å². The van der Waals surface area contributed by atoms with E-state index in [2.05, 4.69) is 0 Å². The van der Waals surface area contributed by atoms with Gasteiger partial charge in [-0.2, -0.15) is 0 Å². The van der Waals surface area contributed by atoms with E-state index in [0.717, 1.165) is 16.1 Å². The highest BCUT2D eigenvalue weighted by molar-refractivity contribution is 7.92. The monoisotopic (exact) mass is 400 g/mol. The second-order valence-corrected chi connectivity index (χ2v) is 8.41. The molecule has 0 saturated carbocycles. The predicted octanol–water partition coefficient (Wildman–Crippen LogP) is 3.42. The van der Waals surface area contributed by atoms with E-state index in [4.69, 9.17) is 23.2 Å². The van der Waals surface area contributed by atoms with Gasteiger partial charge in [0.2, 0.25) is 15.9 Å². The number of likely N-dealkylation sites (N-methyl/N-ethyl adjacent to an activating group) is 1. The Balaban J connectivity index is 2.17. The van der Waals surface area contributed by atoms with Crippen molar-refractivity contribution in [1.29, 1.82) is 0 Å². The number of rotatable bonds is 6. The van der Waals surface area contributed by atoms with Crippen molar-refractivity contribution in [2.75, 3.05) is 24.2 Å². The molecule has 0 fully saturated rings. The predicted molar refractivity (Wildman–Crippen MR) is 102 cm³/mol. The maximum absolute atomic E-state index is 12.5. The molecule has 2 rings (SSSR count). The summed E-state index contributed by atoms with van der Waals surface area (Å²) in [5.74, 6) is -0.342. The summed E-state index contributed by atoms with van der Waals surface area (Å²) in [6.45, 7) is 0.0166. The van der Waals surface area contributed by atoms with E-state index in [9.17, 15) is 13.2 Å². The molecule has 0 bridgehead atoms. The van der Waals surface area contributed by atoms with Crippen LogP contribution in [0.4, 0.5) is 5.69 Å². The van der Waals surface area contributed by atoms with E-state index < -0.39 is 10.0 Å². The third-order valence-electron chi connectivity index (χ3n) is 3.51. The number of hydrogen-bond acceptors (Lipinski definition) is 3. The fraction of sp³-hybridized carbons (Fsp3) is 0.235. The number of hydrogen-bond donors (Lipinski definition) is 0. The Hall–Kier alpha value is -1.76. The van der Waals surface area contributed by atoms with Crippen molar-refractivity contribution in [3.8, 4) is 0 Å². The molecule has 5 nitrogen and oxygen atoms in total. The number of carbonyl (C=O) groups is 1. The van der Waals surface area contributed by atoms with Crippen LogP contribution < -0.4 is 4.31 Å². The molecule has 0 unspecified atom stereocenters. The van der Waals surface area contributed by atoms with Gasteiger partial charge in [0.15, 0.2) is 0 Å². The SMILES string of the molecule is CN(Cc1cccc(Cl)c1)C(=O)CN(c1cccc(Cl)c1)S(C)(=O)=O. The first kappa shape index (κ1) is 19.6. The van der Waals surface area contributed by atoms with Gasteiger partial charge in [-0.05, 0) is 35.9 Å². The molecule has 0 aromatic heterocycles. The van der Waals surface area contributed by atoms with E-state index in [1.165, 1.54) is 11.0 Å². The van der Waals surface area contributed by atoms with Gasteiger partial charge in [0.1, 0.15) is 6.54 Å². The molecular formula is C17H18Cl2N2O3S. The number of halogens is 2. The van der Waals surface area contributed by atoms with E-state index in [1.807, 2.05) is 6.07 Å². The number of amides is 1. The van der Waals surface area contributed by atoms with Crippen molar-refractivity contribution >= 4 is 44.8 Å². The van der Waals surface area contributed by atoms with Gasteiger partial charge < -0.3 is 4.90 Å². The molecule has 0 radical (unpaired) electrons. The van der Waals surface area contributed by atoms with E-state index >= 15 is 0 Å². The first-order chi connectivity index (χ1) is 11.7. The molecule has 0 saturated heterocycles. The number of sulfonamides is 1. The first-order valence-electron chi connectivity index (χ1n) is 7.38. The van der Waals surface area contributed by atoms with Crippen molar-refractivity contribution in [3.05, 3.63) is 64.1 Å². The molecule has 2 aromatic carbocycles. The normalized spacial score (nSPS) is 11.2. The topological polar surface area (TPSA) is 57.7 Å². The smallest absolute Gasteiger partial charge is 0.243 e. The van der Waals surface area contributed by atoms with Crippen LogP contribution in [0.25, 0.3) is 0 Å². The summed E-state index contributed by atoms with van der Waals surface area (Å²) < 4.78 is 25.2. The molecule has 0 aliphatic rings. The Morgan fingerprint density at radius 3 is 2.20 bits per heavy atom. The fourth-order valence-corrected chi connectivity index (χ4v) is 3.51. The lowest BCUT2D eigenvalue weighted by molar-refractivity contribution is -0.128. The minimum atomic E-state index is -3.64. The summed E-state index contributed by atoms with van der Waals surface area (Å²) >= 11 is 11.9. The van der Waals surface area contributed by atoms with Crippen LogP contribution in [-0.4, -0.2) is 39.1 Å². The molecule has 0 spiro atoms. The average molecular weight is 401 g/mol. The summed E-state index contributed by atoms with van der Waals surface area (Å²) in [4.78, 5) is 14.0. The van der Waals surface area contributed by atoms with Gasteiger partial charge in [-0.1, -0.05) is 41.4 Å². The lowest BCUT2D eigenvalue weighted by Gasteiger charge is -2.25. The van der Waals surface area contributed by atoms with Crippen molar-refractivity contribution in [1.82, 2.24) is 4.90 Å². The maximum Gasteiger partial charge on any atom is 0.243 e. The Morgan fingerprint density at radius 2 is 1.64 bits per heavy atom. The Bertz CT molecular complexity index is 872. The van der Waals surface area contributed by atoms with Gasteiger partial charge in [-0.15, -0.1) is 0 Å². The molecule has 1 amide bonds. The highest BCUT2D eigenvalue weighted by Gasteiger charge is 2.23. The van der Waals surface area contributed by atoms with Gasteiger partial charge in [-0.3, -0.25) is 9.10 Å².